The molecular weight excluding hydrogens is 340 g/mol. The maximum absolute atomic E-state index is 12.9. The average molecular weight is 365 g/mol. The third kappa shape index (κ3) is 3.67. The van der Waals surface area contributed by atoms with Crippen molar-refractivity contribution < 1.29 is 4.79 Å². The van der Waals surface area contributed by atoms with Crippen LogP contribution >= 0.6 is 11.3 Å². The number of benzene rings is 2. The van der Waals surface area contributed by atoms with Crippen molar-refractivity contribution in [3.05, 3.63) is 70.4 Å². The van der Waals surface area contributed by atoms with Crippen LogP contribution in [0.1, 0.15) is 41.2 Å². The van der Waals surface area contributed by atoms with Gasteiger partial charge < -0.3 is 5.32 Å². The minimum atomic E-state index is 0.0130. The van der Waals surface area contributed by atoms with Crippen molar-refractivity contribution in [1.82, 2.24) is 10.2 Å². The van der Waals surface area contributed by atoms with Crippen LogP contribution in [0.2, 0.25) is 0 Å². The van der Waals surface area contributed by atoms with Gasteiger partial charge in [-0.3, -0.25) is 9.69 Å². The summed E-state index contributed by atoms with van der Waals surface area (Å²) in [6.07, 6.45) is 3.81. The van der Waals surface area contributed by atoms with Gasteiger partial charge in [0.05, 0.1) is 6.04 Å². The number of nitrogens with one attached hydrogen (secondary N) is 1. The monoisotopic (exact) mass is 364 g/mol. The first-order valence-electron chi connectivity index (χ1n) is 9.35. The summed E-state index contributed by atoms with van der Waals surface area (Å²) in [4.78, 5) is 15.4. The van der Waals surface area contributed by atoms with Crippen molar-refractivity contribution in [3.63, 3.8) is 0 Å². The third-order valence-corrected chi connectivity index (χ3v) is 5.95. The molecule has 0 bridgehead atoms. The first kappa shape index (κ1) is 17.3. The number of rotatable bonds is 5. The van der Waals surface area contributed by atoms with Crippen molar-refractivity contribution >= 4 is 28.0 Å². The van der Waals surface area contributed by atoms with E-state index in [1.807, 2.05) is 42.5 Å². The van der Waals surface area contributed by atoms with Crippen molar-refractivity contribution in [2.75, 3.05) is 19.6 Å². The number of likely N-dealkylation sites (tertiary alicyclic amines) is 1. The fraction of sp³-hybridized carbons (Fsp3) is 0.318. The van der Waals surface area contributed by atoms with Crippen molar-refractivity contribution in [2.45, 2.75) is 25.3 Å². The van der Waals surface area contributed by atoms with Gasteiger partial charge in [-0.15, -0.1) is 0 Å². The van der Waals surface area contributed by atoms with E-state index in [-0.39, 0.29) is 11.9 Å². The molecule has 2 heterocycles. The van der Waals surface area contributed by atoms with Gasteiger partial charge in [0.15, 0.2) is 0 Å². The van der Waals surface area contributed by atoms with E-state index in [1.165, 1.54) is 24.8 Å². The van der Waals surface area contributed by atoms with Gasteiger partial charge in [-0.2, -0.15) is 11.3 Å². The van der Waals surface area contributed by atoms with Crippen molar-refractivity contribution in [1.29, 1.82) is 0 Å². The summed E-state index contributed by atoms with van der Waals surface area (Å²) >= 11 is 1.73. The highest BCUT2D eigenvalue weighted by Crippen LogP contribution is 2.26. The molecule has 1 N–H and O–H groups in total. The number of thiophene rings is 1. The Morgan fingerprint density at radius 2 is 1.85 bits per heavy atom. The maximum Gasteiger partial charge on any atom is 0.251 e. The van der Waals surface area contributed by atoms with Crippen LogP contribution in [0.4, 0.5) is 0 Å². The molecule has 0 aliphatic carbocycles. The number of carbonyl (C=O) groups excluding carboxylic acids is 1. The molecule has 1 amide bonds. The molecule has 3 nitrogen and oxygen atoms in total. The van der Waals surface area contributed by atoms with Crippen LogP contribution in [0.25, 0.3) is 10.8 Å². The Morgan fingerprint density at radius 1 is 1.04 bits per heavy atom. The average Bonchev–Trinajstić information content (AvgIpc) is 3.23. The molecule has 2 aromatic carbocycles. The molecule has 1 fully saturated rings. The zero-order chi connectivity index (χ0) is 17.8. The molecule has 4 heteroatoms. The Labute approximate surface area is 158 Å². The predicted octanol–water partition coefficient (Wildman–Crippen LogP) is 4.86. The lowest BCUT2D eigenvalue weighted by Gasteiger charge is -2.34. The smallest absolute Gasteiger partial charge is 0.251 e. The first-order valence-corrected chi connectivity index (χ1v) is 10.3. The Kier molecular flexibility index (Phi) is 5.32. The van der Waals surface area contributed by atoms with Gasteiger partial charge in [-0.1, -0.05) is 42.8 Å². The molecule has 3 aromatic rings. The molecular formula is C22H24N2OS. The molecule has 1 atom stereocenters. The van der Waals surface area contributed by atoms with Gasteiger partial charge in [0, 0.05) is 12.1 Å². The lowest BCUT2D eigenvalue weighted by Crippen LogP contribution is -2.40. The van der Waals surface area contributed by atoms with E-state index in [0.717, 1.165) is 29.4 Å². The summed E-state index contributed by atoms with van der Waals surface area (Å²) in [5.74, 6) is 0.0130. The number of piperidine rings is 1. The van der Waals surface area contributed by atoms with Crippen LogP contribution in [0.5, 0.6) is 0 Å². The molecule has 1 aliphatic heterocycles. The summed E-state index contributed by atoms with van der Waals surface area (Å²) in [5.41, 5.74) is 2.07. The molecule has 0 saturated carbocycles. The van der Waals surface area contributed by atoms with E-state index >= 15 is 0 Å². The summed E-state index contributed by atoms with van der Waals surface area (Å²) in [7, 11) is 0. The predicted molar refractivity (Wildman–Crippen MR) is 109 cm³/mol. The van der Waals surface area contributed by atoms with Crippen LogP contribution in [-0.2, 0) is 0 Å². The number of fused-ring (bicyclic) bond motifs is 1. The number of amides is 1. The second-order valence-electron chi connectivity index (χ2n) is 6.91. The fourth-order valence-electron chi connectivity index (χ4n) is 3.86. The van der Waals surface area contributed by atoms with E-state index < -0.39 is 0 Å². The SMILES string of the molecule is O=C(NCC(c1ccsc1)N1CCCCC1)c1cccc2ccccc12. The molecule has 134 valence electrons. The number of carbonyl (C=O) groups is 1. The number of hydrogen-bond acceptors (Lipinski definition) is 3. The topological polar surface area (TPSA) is 32.3 Å². The quantitative estimate of drug-likeness (QED) is 0.701. The van der Waals surface area contributed by atoms with Crippen LogP contribution in [0.3, 0.4) is 0 Å². The second-order valence-corrected chi connectivity index (χ2v) is 7.69. The van der Waals surface area contributed by atoms with Gasteiger partial charge in [-0.05, 0) is 65.2 Å². The van der Waals surface area contributed by atoms with Crippen molar-refractivity contribution in [3.8, 4) is 0 Å². The summed E-state index contributed by atoms with van der Waals surface area (Å²) in [6.45, 7) is 2.88. The van der Waals surface area contributed by atoms with E-state index in [4.69, 9.17) is 0 Å². The van der Waals surface area contributed by atoms with E-state index in [9.17, 15) is 4.79 Å². The standard InChI is InChI=1S/C22H24N2OS/c25-22(20-10-6-8-17-7-2-3-9-19(17)20)23-15-21(18-11-14-26-16-18)24-12-4-1-5-13-24/h2-3,6-11,14,16,21H,1,4-5,12-13,15H2,(H,23,25). The van der Waals surface area contributed by atoms with E-state index in [0.29, 0.717) is 6.54 Å². The molecule has 0 radical (unpaired) electrons. The summed E-state index contributed by atoms with van der Waals surface area (Å²) < 4.78 is 0. The Balaban J connectivity index is 1.52. The minimum absolute atomic E-state index is 0.0130. The molecule has 4 rings (SSSR count). The lowest BCUT2D eigenvalue weighted by atomic mass is 10.0. The van der Waals surface area contributed by atoms with Crippen LogP contribution in [-0.4, -0.2) is 30.4 Å². The highest BCUT2D eigenvalue weighted by atomic mass is 32.1. The molecule has 26 heavy (non-hydrogen) atoms. The van der Waals surface area contributed by atoms with Crippen LogP contribution in [0.15, 0.2) is 59.3 Å². The largest absolute Gasteiger partial charge is 0.350 e. The van der Waals surface area contributed by atoms with E-state index in [1.54, 1.807) is 11.3 Å². The minimum Gasteiger partial charge on any atom is -0.350 e. The van der Waals surface area contributed by atoms with Gasteiger partial charge >= 0.3 is 0 Å². The zero-order valence-electron chi connectivity index (χ0n) is 14.9. The van der Waals surface area contributed by atoms with E-state index in [2.05, 4.69) is 27.0 Å². The fourth-order valence-corrected chi connectivity index (χ4v) is 4.57. The van der Waals surface area contributed by atoms with Gasteiger partial charge in [0.2, 0.25) is 0 Å². The lowest BCUT2D eigenvalue weighted by molar-refractivity contribution is 0.0926. The Bertz CT molecular complexity index is 863. The molecule has 1 aromatic heterocycles. The van der Waals surface area contributed by atoms with Crippen LogP contribution < -0.4 is 5.32 Å². The van der Waals surface area contributed by atoms with Gasteiger partial charge in [0.25, 0.3) is 5.91 Å². The highest BCUT2D eigenvalue weighted by Gasteiger charge is 2.23. The summed E-state index contributed by atoms with van der Waals surface area (Å²) in [6, 6.07) is 16.4. The normalized spacial score (nSPS) is 16.5. The maximum atomic E-state index is 12.9. The number of nitrogens with zero attached hydrogens (tertiary/aromatic N) is 1. The van der Waals surface area contributed by atoms with Gasteiger partial charge in [0.1, 0.15) is 0 Å². The molecule has 1 saturated heterocycles. The number of hydrogen-bond donors (Lipinski definition) is 1. The highest BCUT2D eigenvalue weighted by molar-refractivity contribution is 7.07. The van der Waals surface area contributed by atoms with Crippen molar-refractivity contribution in [2.24, 2.45) is 0 Å². The zero-order valence-corrected chi connectivity index (χ0v) is 15.7. The first-order chi connectivity index (χ1) is 12.8. The molecule has 1 aliphatic rings. The second kappa shape index (κ2) is 8.02. The summed E-state index contributed by atoms with van der Waals surface area (Å²) in [5, 5.41) is 9.65. The van der Waals surface area contributed by atoms with Gasteiger partial charge in [-0.25, -0.2) is 0 Å². The Morgan fingerprint density at radius 3 is 2.65 bits per heavy atom. The third-order valence-electron chi connectivity index (χ3n) is 5.25. The molecule has 1 unspecified atom stereocenters. The van der Waals surface area contributed by atoms with Crippen LogP contribution in [0, 0.1) is 0 Å². The molecule has 0 spiro atoms. The Hall–Kier alpha value is -2.17.